The Balaban J connectivity index is 2.33. The predicted octanol–water partition coefficient (Wildman–Crippen LogP) is 2.24. The number of hydrogen-bond donors (Lipinski definition) is 2. The smallest absolute Gasteiger partial charge is 0.0988 e. The summed E-state index contributed by atoms with van der Waals surface area (Å²) in [5, 5.41) is 1.94. The first-order valence-corrected chi connectivity index (χ1v) is 5.59. The van der Waals surface area contributed by atoms with Gasteiger partial charge >= 0.3 is 0 Å². The number of nitrogen functional groups attached to an aromatic ring is 1. The molecule has 0 fully saturated rings. The molecular formula is C13H9N5. The highest BCUT2D eigenvalue weighted by Gasteiger charge is 2.11. The number of pyridine rings is 3. The number of aromatic nitrogens is 4. The van der Waals surface area contributed by atoms with E-state index in [1.165, 1.54) is 0 Å². The van der Waals surface area contributed by atoms with Crippen molar-refractivity contribution >= 4 is 38.5 Å². The van der Waals surface area contributed by atoms with E-state index in [4.69, 9.17) is 5.73 Å². The Morgan fingerprint density at radius 3 is 2.67 bits per heavy atom. The monoisotopic (exact) mass is 235 g/mol. The first-order valence-electron chi connectivity index (χ1n) is 5.59. The second kappa shape index (κ2) is 3.16. The fourth-order valence-corrected chi connectivity index (χ4v) is 2.30. The molecule has 0 saturated carbocycles. The van der Waals surface area contributed by atoms with Crippen LogP contribution in [0.15, 0.2) is 36.9 Å². The SMILES string of the molecule is Nc1c2ccncc2nc2c1[nH]c1cnccc12. The maximum absolute atomic E-state index is 6.20. The fraction of sp³-hybridized carbons (Fsp3) is 0. The van der Waals surface area contributed by atoms with Gasteiger partial charge in [0.15, 0.2) is 0 Å². The molecule has 0 spiro atoms. The molecule has 0 bridgehead atoms. The highest BCUT2D eigenvalue weighted by Crippen LogP contribution is 2.31. The van der Waals surface area contributed by atoms with Crippen LogP contribution < -0.4 is 5.73 Å². The van der Waals surface area contributed by atoms with E-state index in [9.17, 15) is 0 Å². The van der Waals surface area contributed by atoms with Crippen molar-refractivity contribution < 1.29 is 0 Å². The van der Waals surface area contributed by atoms with Gasteiger partial charge in [-0.2, -0.15) is 0 Å². The van der Waals surface area contributed by atoms with Crippen LogP contribution >= 0.6 is 0 Å². The van der Waals surface area contributed by atoms with Crippen LogP contribution in [-0.2, 0) is 0 Å². The number of anilines is 1. The Morgan fingerprint density at radius 1 is 1.00 bits per heavy atom. The van der Waals surface area contributed by atoms with Gasteiger partial charge in [0.2, 0.25) is 0 Å². The molecule has 0 amide bonds. The van der Waals surface area contributed by atoms with Gasteiger partial charge in [0.05, 0.1) is 40.1 Å². The Morgan fingerprint density at radius 2 is 1.78 bits per heavy atom. The van der Waals surface area contributed by atoms with Gasteiger partial charge in [0.25, 0.3) is 0 Å². The lowest BCUT2D eigenvalue weighted by Gasteiger charge is -2.02. The summed E-state index contributed by atoms with van der Waals surface area (Å²) in [7, 11) is 0. The highest BCUT2D eigenvalue weighted by atomic mass is 14.8. The van der Waals surface area contributed by atoms with E-state index >= 15 is 0 Å². The molecule has 18 heavy (non-hydrogen) atoms. The minimum Gasteiger partial charge on any atom is -0.396 e. The molecule has 86 valence electrons. The molecule has 0 aliphatic rings. The summed E-state index contributed by atoms with van der Waals surface area (Å²) in [6, 6.07) is 3.81. The van der Waals surface area contributed by atoms with Gasteiger partial charge in [0.1, 0.15) is 0 Å². The van der Waals surface area contributed by atoms with Crippen molar-refractivity contribution in [2.75, 3.05) is 5.73 Å². The highest BCUT2D eigenvalue weighted by molar-refractivity contribution is 6.14. The second-order valence-corrected chi connectivity index (χ2v) is 4.19. The fourth-order valence-electron chi connectivity index (χ4n) is 2.30. The van der Waals surface area contributed by atoms with Crippen LogP contribution in [0.2, 0.25) is 0 Å². The van der Waals surface area contributed by atoms with E-state index in [1.54, 1.807) is 24.8 Å². The van der Waals surface area contributed by atoms with Crippen molar-refractivity contribution in [3.63, 3.8) is 0 Å². The van der Waals surface area contributed by atoms with Gasteiger partial charge in [-0.15, -0.1) is 0 Å². The summed E-state index contributed by atoms with van der Waals surface area (Å²) in [4.78, 5) is 16.1. The third kappa shape index (κ3) is 1.08. The molecular weight excluding hydrogens is 226 g/mol. The molecule has 5 nitrogen and oxygen atoms in total. The zero-order valence-corrected chi connectivity index (χ0v) is 9.38. The summed E-state index contributed by atoms with van der Waals surface area (Å²) in [5.41, 5.74) is 10.4. The Hall–Kier alpha value is -2.69. The topological polar surface area (TPSA) is 80.5 Å². The van der Waals surface area contributed by atoms with Crippen molar-refractivity contribution in [2.24, 2.45) is 0 Å². The zero-order chi connectivity index (χ0) is 12.1. The van der Waals surface area contributed by atoms with E-state index in [1.807, 2.05) is 12.1 Å². The summed E-state index contributed by atoms with van der Waals surface area (Å²) in [6.45, 7) is 0. The molecule has 0 atom stereocenters. The lowest BCUT2D eigenvalue weighted by atomic mass is 10.2. The number of hydrogen-bond acceptors (Lipinski definition) is 4. The summed E-state index contributed by atoms with van der Waals surface area (Å²) in [5.74, 6) is 0. The maximum Gasteiger partial charge on any atom is 0.0988 e. The van der Waals surface area contributed by atoms with Gasteiger partial charge < -0.3 is 10.7 Å². The van der Waals surface area contributed by atoms with Crippen molar-refractivity contribution in [2.45, 2.75) is 0 Å². The Labute approximate surface area is 102 Å². The first kappa shape index (κ1) is 9.35. The quantitative estimate of drug-likeness (QED) is 0.489. The van der Waals surface area contributed by atoms with E-state index in [0.29, 0.717) is 5.69 Å². The molecule has 4 heterocycles. The molecule has 4 rings (SSSR count). The molecule has 0 aliphatic carbocycles. The Kier molecular flexibility index (Phi) is 1.64. The molecule has 4 aromatic rings. The first-order chi connectivity index (χ1) is 8.84. The minimum atomic E-state index is 0.702. The van der Waals surface area contributed by atoms with Crippen molar-refractivity contribution in [3.8, 4) is 0 Å². The van der Waals surface area contributed by atoms with Gasteiger partial charge in [0, 0.05) is 23.2 Å². The van der Waals surface area contributed by atoms with Crippen molar-refractivity contribution in [1.29, 1.82) is 0 Å². The van der Waals surface area contributed by atoms with Gasteiger partial charge in [-0.05, 0) is 12.1 Å². The van der Waals surface area contributed by atoms with Crippen LogP contribution in [0.3, 0.4) is 0 Å². The normalized spacial score (nSPS) is 11.6. The number of fused-ring (bicyclic) bond motifs is 4. The van der Waals surface area contributed by atoms with Crippen LogP contribution in [0.4, 0.5) is 5.69 Å². The molecule has 0 aliphatic heterocycles. The molecule has 3 N–H and O–H groups in total. The molecule has 0 saturated heterocycles. The van der Waals surface area contributed by atoms with Crippen LogP contribution in [-0.4, -0.2) is 19.9 Å². The number of nitrogens with one attached hydrogen (secondary N) is 1. The van der Waals surface area contributed by atoms with Gasteiger partial charge in [-0.1, -0.05) is 0 Å². The van der Waals surface area contributed by atoms with E-state index < -0.39 is 0 Å². The van der Waals surface area contributed by atoms with Crippen LogP contribution in [0, 0.1) is 0 Å². The third-order valence-corrected chi connectivity index (χ3v) is 3.16. The van der Waals surface area contributed by atoms with Crippen molar-refractivity contribution in [1.82, 2.24) is 19.9 Å². The number of H-pyrrole nitrogens is 1. The van der Waals surface area contributed by atoms with Crippen molar-refractivity contribution in [3.05, 3.63) is 36.9 Å². The molecule has 4 aromatic heterocycles. The summed E-state index contributed by atoms with van der Waals surface area (Å²) in [6.07, 6.45) is 6.97. The standard InChI is InChI=1S/C13H9N5/c14-11-7-1-3-15-5-9(7)17-12-8-2-4-16-6-10(8)18-13(11)12/h1-6,18H,(H2,14,17). The average Bonchev–Trinajstić information content (AvgIpc) is 2.79. The van der Waals surface area contributed by atoms with E-state index in [-0.39, 0.29) is 0 Å². The van der Waals surface area contributed by atoms with Gasteiger partial charge in [-0.25, -0.2) is 4.98 Å². The van der Waals surface area contributed by atoms with Crippen LogP contribution in [0.1, 0.15) is 0 Å². The average molecular weight is 235 g/mol. The second-order valence-electron chi connectivity index (χ2n) is 4.19. The number of nitrogens with two attached hydrogens (primary N) is 1. The lowest BCUT2D eigenvalue weighted by Crippen LogP contribution is -1.92. The maximum atomic E-state index is 6.20. The zero-order valence-electron chi connectivity index (χ0n) is 9.38. The van der Waals surface area contributed by atoms with E-state index in [2.05, 4.69) is 19.9 Å². The Bertz CT molecular complexity index is 894. The largest absolute Gasteiger partial charge is 0.396 e. The minimum absolute atomic E-state index is 0.702. The summed E-state index contributed by atoms with van der Waals surface area (Å²) >= 11 is 0. The molecule has 5 heteroatoms. The number of aromatic amines is 1. The molecule has 0 unspecified atom stereocenters. The number of rotatable bonds is 0. The third-order valence-electron chi connectivity index (χ3n) is 3.16. The summed E-state index contributed by atoms with van der Waals surface area (Å²) < 4.78 is 0. The van der Waals surface area contributed by atoms with Crippen LogP contribution in [0.5, 0.6) is 0 Å². The molecule has 0 aromatic carbocycles. The van der Waals surface area contributed by atoms with E-state index in [0.717, 1.165) is 32.8 Å². The van der Waals surface area contributed by atoms with Crippen LogP contribution in [0.25, 0.3) is 32.8 Å². The van der Waals surface area contributed by atoms with Gasteiger partial charge in [-0.3, -0.25) is 9.97 Å². The predicted molar refractivity (Wildman–Crippen MR) is 71.1 cm³/mol. The molecule has 0 radical (unpaired) electrons. The lowest BCUT2D eigenvalue weighted by molar-refractivity contribution is 1.33. The number of nitrogens with zero attached hydrogens (tertiary/aromatic N) is 3.